The summed E-state index contributed by atoms with van der Waals surface area (Å²) in [5.41, 5.74) is 6.20. The van der Waals surface area contributed by atoms with Crippen molar-refractivity contribution in [3.63, 3.8) is 0 Å². The van der Waals surface area contributed by atoms with Crippen LogP contribution in [0.2, 0.25) is 0 Å². The SMILES string of the molecule is Cc1nc(CNc2nnccc2C(N)=S)no1. The van der Waals surface area contributed by atoms with E-state index < -0.39 is 0 Å². The molecule has 3 N–H and O–H groups in total. The summed E-state index contributed by atoms with van der Waals surface area (Å²) >= 11 is 4.90. The normalized spacial score (nSPS) is 10.2. The third kappa shape index (κ3) is 2.72. The van der Waals surface area contributed by atoms with E-state index in [1.807, 2.05) is 0 Å². The molecule has 0 saturated heterocycles. The van der Waals surface area contributed by atoms with Gasteiger partial charge in [-0.3, -0.25) is 0 Å². The number of nitrogens with two attached hydrogens (primary N) is 1. The summed E-state index contributed by atoms with van der Waals surface area (Å²) in [6.07, 6.45) is 1.53. The number of hydrogen-bond acceptors (Lipinski definition) is 7. The summed E-state index contributed by atoms with van der Waals surface area (Å²) in [5, 5.41) is 14.4. The zero-order valence-electron chi connectivity index (χ0n) is 9.04. The third-order valence-electron chi connectivity index (χ3n) is 1.97. The molecule has 0 spiro atoms. The summed E-state index contributed by atoms with van der Waals surface area (Å²) in [4.78, 5) is 4.30. The third-order valence-corrected chi connectivity index (χ3v) is 2.19. The fraction of sp³-hybridized carbons (Fsp3) is 0.222. The van der Waals surface area contributed by atoms with Crippen molar-refractivity contribution in [2.45, 2.75) is 13.5 Å². The lowest BCUT2D eigenvalue weighted by molar-refractivity contribution is 0.388. The lowest BCUT2D eigenvalue weighted by atomic mass is 10.3. The van der Waals surface area contributed by atoms with Gasteiger partial charge < -0.3 is 15.6 Å². The molecule has 17 heavy (non-hydrogen) atoms. The van der Waals surface area contributed by atoms with E-state index >= 15 is 0 Å². The Balaban J connectivity index is 2.11. The number of nitrogens with one attached hydrogen (secondary N) is 1. The fourth-order valence-corrected chi connectivity index (χ4v) is 1.40. The minimum Gasteiger partial charge on any atom is -0.389 e. The van der Waals surface area contributed by atoms with E-state index in [1.54, 1.807) is 13.0 Å². The minimum absolute atomic E-state index is 0.256. The van der Waals surface area contributed by atoms with Crippen LogP contribution in [0.5, 0.6) is 0 Å². The van der Waals surface area contributed by atoms with Crippen LogP contribution in [0.4, 0.5) is 5.82 Å². The zero-order valence-corrected chi connectivity index (χ0v) is 9.86. The molecule has 7 nitrogen and oxygen atoms in total. The van der Waals surface area contributed by atoms with E-state index in [9.17, 15) is 0 Å². The average Bonchev–Trinajstić information content (AvgIpc) is 2.73. The first-order valence-corrected chi connectivity index (χ1v) is 5.22. The average molecular weight is 250 g/mol. The van der Waals surface area contributed by atoms with Gasteiger partial charge >= 0.3 is 0 Å². The first kappa shape index (κ1) is 11.4. The molecule has 0 aromatic carbocycles. The topological polar surface area (TPSA) is 103 Å². The van der Waals surface area contributed by atoms with Crippen molar-refractivity contribution < 1.29 is 4.52 Å². The molecule has 2 rings (SSSR count). The molecule has 88 valence electrons. The van der Waals surface area contributed by atoms with E-state index in [1.165, 1.54) is 6.20 Å². The van der Waals surface area contributed by atoms with Crippen molar-refractivity contribution in [1.82, 2.24) is 20.3 Å². The number of thiocarbonyl (C=S) groups is 1. The summed E-state index contributed by atoms with van der Waals surface area (Å²) < 4.78 is 4.84. The number of hydrogen-bond donors (Lipinski definition) is 2. The van der Waals surface area contributed by atoms with Crippen molar-refractivity contribution in [2.75, 3.05) is 5.32 Å². The molecular formula is C9H10N6OS. The minimum atomic E-state index is 0.256. The van der Waals surface area contributed by atoms with E-state index in [-0.39, 0.29) is 4.99 Å². The molecule has 0 aliphatic rings. The van der Waals surface area contributed by atoms with Gasteiger partial charge in [-0.25, -0.2) is 0 Å². The fourth-order valence-electron chi connectivity index (χ4n) is 1.24. The molecule has 0 fully saturated rings. The van der Waals surface area contributed by atoms with E-state index in [4.69, 9.17) is 22.5 Å². The van der Waals surface area contributed by atoms with Crippen molar-refractivity contribution in [1.29, 1.82) is 0 Å². The number of aromatic nitrogens is 4. The van der Waals surface area contributed by atoms with Crippen molar-refractivity contribution in [3.05, 3.63) is 29.5 Å². The van der Waals surface area contributed by atoms with Crippen LogP contribution in [0.1, 0.15) is 17.3 Å². The van der Waals surface area contributed by atoms with Gasteiger partial charge in [0.05, 0.1) is 18.3 Å². The summed E-state index contributed by atoms with van der Waals surface area (Å²) in [6, 6.07) is 1.69. The van der Waals surface area contributed by atoms with Crippen LogP contribution in [0.3, 0.4) is 0 Å². The molecule has 0 aliphatic heterocycles. The highest BCUT2D eigenvalue weighted by Gasteiger charge is 2.08. The largest absolute Gasteiger partial charge is 0.389 e. The van der Waals surface area contributed by atoms with Crippen molar-refractivity contribution in [2.24, 2.45) is 5.73 Å². The van der Waals surface area contributed by atoms with Crippen molar-refractivity contribution in [3.8, 4) is 0 Å². The second-order valence-electron chi connectivity index (χ2n) is 3.24. The highest BCUT2D eigenvalue weighted by Crippen LogP contribution is 2.10. The predicted molar refractivity (Wildman–Crippen MR) is 64.3 cm³/mol. The Morgan fingerprint density at radius 1 is 1.59 bits per heavy atom. The van der Waals surface area contributed by atoms with Gasteiger partial charge in [-0.15, -0.1) is 5.10 Å². The maximum atomic E-state index is 5.56. The molecule has 0 bridgehead atoms. The smallest absolute Gasteiger partial charge is 0.223 e. The summed E-state index contributed by atoms with van der Waals surface area (Å²) in [7, 11) is 0. The predicted octanol–water partition coefficient (Wildman–Crippen LogP) is 0.414. The van der Waals surface area contributed by atoms with Gasteiger partial charge in [-0.2, -0.15) is 10.1 Å². The van der Waals surface area contributed by atoms with Gasteiger partial charge in [0.15, 0.2) is 11.6 Å². The maximum Gasteiger partial charge on any atom is 0.223 e. The first-order chi connectivity index (χ1) is 8.16. The quantitative estimate of drug-likeness (QED) is 0.752. The van der Waals surface area contributed by atoms with E-state index in [2.05, 4.69) is 25.7 Å². The maximum absolute atomic E-state index is 5.56. The van der Waals surface area contributed by atoms with Gasteiger partial charge in [0.1, 0.15) is 4.99 Å². The van der Waals surface area contributed by atoms with Gasteiger partial charge in [0.2, 0.25) is 5.89 Å². The number of anilines is 1. The highest BCUT2D eigenvalue weighted by atomic mass is 32.1. The number of rotatable bonds is 4. The molecular weight excluding hydrogens is 240 g/mol. The van der Waals surface area contributed by atoms with Crippen LogP contribution in [-0.2, 0) is 6.54 Å². The Bertz CT molecular complexity index is 540. The van der Waals surface area contributed by atoms with Gasteiger partial charge in [-0.05, 0) is 6.07 Å². The molecule has 2 aromatic rings. The molecule has 2 aromatic heterocycles. The highest BCUT2D eigenvalue weighted by molar-refractivity contribution is 7.80. The lowest BCUT2D eigenvalue weighted by Gasteiger charge is -2.06. The van der Waals surface area contributed by atoms with Crippen LogP contribution in [0.15, 0.2) is 16.8 Å². The van der Waals surface area contributed by atoms with Crippen LogP contribution in [0.25, 0.3) is 0 Å². The molecule has 0 atom stereocenters. The van der Waals surface area contributed by atoms with Crippen LogP contribution in [0, 0.1) is 6.92 Å². The Hall–Kier alpha value is -2.09. The molecule has 0 aliphatic carbocycles. The van der Waals surface area contributed by atoms with Crippen LogP contribution in [-0.4, -0.2) is 25.3 Å². The summed E-state index contributed by atoms with van der Waals surface area (Å²) in [5.74, 6) is 1.54. The Morgan fingerprint density at radius 3 is 3.06 bits per heavy atom. The second kappa shape index (κ2) is 4.83. The molecule has 0 radical (unpaired) electrons. The molecule has 8 heteroatoms. The zero-order chi connectivity index (χ0) is 12.3. The number of nitrogens with zero attached hydrogens (tertiary/aromatic N) is 4. The second-order valence-corrected chi connectivity index (χ2v) is 3.68. The molecule has 0 amide bonds. The van der Waals surface area contributed by atoms with Gasteiger partial charge in [0.25, 0.3) is 0 Å². The molecule has 2 heterocycles. The van der Waals surface area contributed by atoms with Crippen LogP contribution < -0.4 is 11.1 Å². The van der Waals surface area contributed by atoms with E-state index in [0.29, 0.717) is 29.6 Å². The first-order valence-electron chi connectivity index (χ1n) is 4.81. The summed E-state index contributed by atoms with van der Waals surface area (Å²) in [6.45, 7) is 2.09. The van der Waals surface area contributed by atoms with Gasteiger partial charge in [0, 0.05) is 6.92 Å². The van der Waals surface area contributed by atoms with Crippen molar-refractivity contribution >= 4 is 23.0 Å². The molecule has 0 unspecified atom stereocenters. The van der Waals surface area contributed by atoms with Gasteiger partial charge in [-0.1, -0.05) is 17.4 Å². The monoisotopic (exact) mass is 250 g/mol. The lowest BCUT2D eigenvalue weighted by Crippen LogP contribution is -2.15. The van der Waals surface area contributed by atoms with Crippen LogP contribution >= 0.6 is 12.2 Å². The Kier molecular flexibility index (Phi) is 3.24. The molecule has 0 saturated carbocycles. The standard InChI is InChI=1S/C9H10N6OS/c1-5-13-7(15-16-5)4-11-9-6(8(10)17)2-3-12-14-9/h2-3H,4H2,1H3,(H2,10,17)(H,11,14). The Labute approximate surface area is 102 Å². The number of aryl methyl sites for hydroxylation is 1. The van der Waals surface area contributed by atoms with E-state index in [0.717, 1.165) is 0 Å². The Morgan fingerprint density at radius 2 is 2.41 bits per heavy atom.